The van der Waals surface area contributed by atoms with Crippen molar-refractivity contribution in [3.8, 4) is 0 Å². The summed E-state index contributed by atoms with van der Waals surface area (Å²) in [4.78, 5) is 25.3. The van der Waals surface area contributed by atoms with Crippen LogP contribution in [0.25, 0.3) is 0 Å². The van der Waals surface area contributed by atoms with E-state index >= 15 is 0 Å². The SMILES string of the molecule is CCCCC/C=C\C/C=C\CCCCCCCCCCCC(=O)OCCCCCCCCCCCCCCCCC/C=C\C/C=C\CCCCCCCCCCCCCCCCCCCC(=O)NC(COC1OC(CO)C(O)C(O)C1O)C(O)/C=C/CCCCCCCCCCCCCCC. The van der Waals surface area contributed by atoms with Gasteiger partial charge in [0.15, 0.2) is 6.29 Å². The minimum atomic E-state index is -1.57. The van der Waals surface area contributed by atoms with Crippen molar-refractivity contribution in [2.24, 2.45) is 0 Å². The molecule has 1 aliphatic heterocycles. The van der Waals surface area contributed by atoms with Gasteiger partial charge in [-0.1, -0.05) is 389 Å². The van der Waals surface area contributed by atoms with Crippen LogP contribution in [-0.2, 0) is 23.8 Å². The van der Waals surface area contributed by atoms with Crippen LogP contribution in [0.4, 0.5) is 0 Å². The molecule has 101 heavy (non-hydrogen) atoms. The molecule has 0 spiro atoms. The van der Waals surface area contributed by atoms with Crippen molar-refractivity contribution in [2.45, 2.75) is 480 Å². The van der Waals surface area contributed by atoms with E-state index in [0.717, 1.165) is 70.6 Å². The zero-order chi connectivity index (χ0) is 72.9. The van der Waals surface area contributed by atoms with Crippen LogP contribution in [0.15, 0.2) is 60.8 Å². The van der Waals surface area contributed by atoms with Gasteiger partial charge < -0.3 is 45.1 Å². The highest BCUT2D eigenvalue weighted by atomic mass is 16.7. The molecule has 1 amide bonds. The van der Waals surface area contributed by atoms with E-state index in [4.69, 9.17) is 14.2 Å². The standard InChI is InChI=1S/C90H167NO10/c1-3-5-7-9-11-13-15-17-19-20-42-46-50-54-58-62-66-70-74-78-86(95)99-79-75-71-67-63-59-55-51-47-44-41-39-37-35-33-31-29-27-25-23-21-22-24-26-28-30-32-34-36-38-40-43-45-49-53-57-61-65-69-73-77-85(94)91-82(81-100-90-89(98)88(97)87(96)84(80-92)101-90)83(93)76-72-68-64-60-56-52-48-18-16-14-12-10-8-6-4-2/h11,13,17,19,21-22,25,27,72,76,82-84,87-90,92-93,96-98H,3-10,12,14-16,18,20,23-24,26,28-71,73-75,77-81H2,1-2H3,(H,91,94)/b13-11-,19-17-,22-21-,27-25-,76-72+. The van der Waals surface area contributed by atoms with Crippen molar-refractivity contribution < 1.29 is 49.3 Å². The predicted octanol–water partition coefficient (Wildman–Crippen LogP) is 24.8. The zero-order valence-electron chi connectivity index (χ0n) is 66.4. The highest BCUT2D eigenvalue weighted by molar-refractivity contribution is 5.76. The molecule has 1 rings (SSSR count). The number of aliphatic hydroxyl groups is 5. The second-order valence-corrected chi connectivity index (χ2v) is 30.6. The highest BCUT2D eigenvalue weighted by Gasteiger charge is 2.44. The molecule has 0 radical (unpaired) electrons. The number of rotatable bonds is 79. The Bertz CT molecular complexity index is 1870. The van der Waals surface area contributed by atoms with E-state index in [1.54, 1.807) is 6.08 Å². The Kier molecular flexibility index (Phi) is 74.8. The Morgan fingerprint density at radius 1 is 0.366 bits per heavy atom. The second-order valence-electron chi connectivity index (χ2n) is 30.6. The van der Waals surface area contributed by atoms with Gasteiger partial charge in [-0.15, -0.1) is 0 Å². The number of allylic oxidation sites excluding steroid dienone is 9. The van der Waals surface area contributed by atoms with Gasteiger partial charge in [0.05, 0.1) is 32.0 Å². The smallest absolute Gasteiger partial charge is 0.305 e. The van der Waals surface area contributed by atoms with Crippen molar-refractivity contribution in [1.82, 2.24) is 5.32 Å². The number of hydrogen-bond acceptors (Lipinski definition) is 10. The van der Waals surface area contributed by atoms with Crippen molar-refractivity contribution in [1.29, 1.82) is 0 Å². The van der Waals surface area contributed by atoms with E-state index in [1.807, 2.05) is 6.08 Å². The van der Waals surface area contributed by atoms with Gasteiger partial charge in [-0.3, -0.25) is 9.59 Å². The first-order valence-electron chi connectivity index (χ1n) is 44.1. The Morgan fingerprint density at radius 3 is 1.02 bits per heavy atom. The molecular formula is C90H167NO10. The number of carbonyl (C=O) groups excluding carboxylic acids is 2. The molecule has 11 heteroatoms. The summed E-state index contributed by atoms with van der Waals surface area (Å²) in [6, 6.07) is -0.809. The van der Waals surface area contributed by atoms with Crippen molar-refractivity contribution in [3.63, 3.8) is 0 Å². The Labute approximate surface area is 624 Å². The van der Waals surface area contributed by atoms with Gasteiger partial charge in [0.25, 0.3) is 0 Å². The first-order valence-corrected chi connectivity index (χ1v) is 44.1. The minimum Gasteiger partial charge on any atom is -0.466 e. The summed E-state index contributed by atoms with van der Waals surface area (Å²) < 4.78 is 16.8. The van der Waals surface area contributed by atoms with E-state index in [-0.39, 0.29) is 18.5 Å². The molecule has 0 aromatic rings. The van der Waals surface area contributed by atoms with Gasteiger partial charge in [-0.05, 0) is 96.3 Å². The summed E-state index contributed by atoms with van der Waals surface area (Å²) in [6.07, 6.45) is 97.0. The number of carbonyl (C=O) groups is 2. The van der Waals surface area contributed by atoms with Gasteiger partial charge in [0.2, 0.25) is 5.91 Å². The topological polar surface area (TPSA) is 175 Å². The molecular weight excluding hydrogens is 1250 g/mol. The molecule has 0 aromatic heterocycles. The predicted molar refractivity (Wildman–Crippen MR) is 430 cm³/mol. The molecule has 7 atom stereocenters. The quantitative estimate of drug-likeness (QED) is 0.0195. The highest BCUT2D eigenvalue weighted by Crippen LogP contribution is 2.24. The number of nitrogens with one attached hydrogen (secondary N) is 1. The van der Waals surface area contributed by atoms with Gasteiger partial charge >= 0.3 is 5.97 Å². The molecule has 1 heterocycles. The molecule has 1 fully saturated rings. The van der Waals surface area contributed by atoms with Gasteiger partial charge in [0.1, 0.15) is 24.4 Å². The maximum Gasteiger partial charge on any atom is 0.305 e. The number of hydrogen-bond donors (Lipinski definition) is 6. The van der Waals surface area contributed by atoms with Crippen LogP contribution >= 0.6 is 0 Å². The fourth-order valence-corrected chi connectivity index (χ4v) is 14.0. The third-order valence-corrected chi connectivity index (χ3v) is 20.8. The molecule has 0 bridgehead atoms. The molecule has 6 N–H and O–H groups in total. The fourth-order valence-electron chi connectivity index (χ4n) is 14.0. The number of amides is 1. The molecule has 7 unspecified atom stereocenters. The summed E-state index contributed by atoms with van der Waals surface area (Å²) in [7, 11) is 0. The van der Waals surface area contributed by atoms with E-state index < -0.39 is 49.5 Å². The lowest BCUT2D eigenvalue weighted by Gasteiger charge is -2.40. The lowest BCUT2D eigenvalue weighted by atomic mass is 9.99. The Hall–Kier alpha value is -2.64. The van der Waals surface area contributed by atoms with Gasteiger partial charge in [-0.2, -0.15) is 0 Å². The Morgan fingerprint density at radius 2 is 0.663 bits per heavy atom. The fraction of sp³-hybridized carbons (Fsp3) is 0.867. The molecule has 1 aliphatic rings. The minimum absolute atomic E-state index is 0.0113. The first kappa shape index (κ1) is 96.4. The Balaban J connectivity index is 1.89. The summed E-state index contributed by atoms with van der Waals surface area (Å²) in [5.74, 6) is -0.164. The van der Waals surface area contributed by atoms with Crippen LogP contribution in [0.2, 0.25) is 0 Å². The van der Waals surface area contributed by atoms with Crippen LogP contribution in [0.5, 0.6) is 0 Å². The molecule has 11 nitrogen and oxygen atoms in total. The van der Waals surface area contributed by atoms with Crippen LogP contribution in [-0.4, -0.2) is 100 Å². The summed E-state index contributed by atoms with van der Waals surface area (Å²) in [5, 5.41) is 54.7. The van der Waals surface area contributed by atoms with Crippen LogP contribution in [0.1, 0.15) is 438 Å². The lowest BCUT2D eigenvalue weighted by molar-refractivity contribution is -0.302. The number of esters is 1. The molecule has 0 saturated carbocycles. The van der Waals surface area contributed by atoms with Crippen molar-refractivity contribution in [2.75, 3.05) is 19.8 Å². The van der Waals surface area contributed by atoms with E-state index in [1.165, 1.54) is 340 Å². The van der Waals surface area contributed by atoms with E-state index in [2.05, 4.69) is 67.8 Å². The summed E-state index contributed by atoms with van der Waals surface area (Å²) >= 11 is 0. The summed E-state index contributed by atoms with van der Waals surface area (Å²) in [6.45, 7) is 4.38. The lowest BCUT2D eigenvalue weighted by Crippen LogP contribution is -2.60. The number of ether oxygens (including phenoxy) is 3. The normalized spacial score (nSPS) is 17.3. The van der Waals surface area contributed by atoms with Crippen molar-refractivity contribution in [3.05, 3.63) is 60.8 Å². The van der Waals surface area contributed by atoms with E-state index in [0.29, 0.717) is 19.4 Å². The third kappa shape index (κ3) is 66.5. The summed E-state index contributed by atoms with van der Waals surface area (Å²) in [5.41, 5.74) is 0. The number of aliphatic hydroxyl groups excluding tert-OH is 5. The number of unbranched alkanes of at least 4 members (excludes halogenated alkanes) is 57. The average molecular weight is 1420 g/mol. The maximum absolute atomic E-state index is 13.1. The van der Waals surface area contributed by atoms with Crippen molar-refractivity contribution >= 4 is 11.9 Å². The van der Waals surface area contributed by atoms with E-state index in [9.17, 15) is 35.1 Å². The first-order chi connectivity index (χ1) is 49.7. The zero-order valence-corrected chi connectivity index (χ0v) is 66.4. The van der Waals surface area contributed by atoms with Crippen LogP contribution in [0, 0.1) is 0 Å². The largest absolute Gasteiger partial charge is 0.466 e. The molecule has 0 aliphatic carbocycles. The molecule has 0 aromatic carbocycles. The molecule has 592 valence electrons. The van der Waals surface area contributed by atoms with Crippen LogP contribution < -0.4 is 5.32 Å². The second kappa shape index (κ2) is 78.4. The third-order valence-electron chi connectivity index (χ3n) is 20.8. The van der Waals surface area contributed by atoms with Crippen LogP contribution in [0.3, 0.4) is 0 Å². The maximum atomic E-state index is 13.1. The van der Waals surface area contributed by atoms with Gasteiger partial charge in [-0.25, -0.2) is 0 Å². The average Bonchev–Trinajstić information content (AvgIpc) is 0.823. The van der Waals surface area contributed by atoms with Gasteiger partial charge in [0, 0.05) is 12.8 Å². The molecule has 1 saturated heterocycles. The monoisotopic (exact) mass is 1420 g/mol.